The summed E-state index contributed by atoms with van der Waals surface area (Å²) >= 11 is 0. The van der Waals surface area contributed by atoms with Crippen LogP contribution in [0.15, 0.2) is 18.2 Å². The van der Waals surface area contributed by atoms with Crippen molar-refractivity contribution in [2.24, 2.45) is 0 Å². The van der Waals surface area contributed by atoms with Crippen LogP contribution in [0.1, 0.15) is 12.5 Å². The molecule has 1 aromatic rings. The van der Waals surface area contributed by atoms with Crippen LogP contribution in [0.2, 0.25) is 0 Å². The molecular weight excluding hydrogens is 166 g/mol. The van der Waals surface area contributed by atoms with Crippen molar-refractivity contribution in [1.29, 1.82) is 0 Å². The molecule has 0 aliphatic heterocycles. The molecule has 3 heteroatoms. The highest BCUT2D eigenvalue weighted by Gasteiger charge is 2.09. The lowest BCUT2D eigenvalue weighted by atomic mass is 10.1. The Hall–Kier alpha value is -1.22. The maximum Gasteiger partial charge on any atom is 0.122 e. The monoisotopic (exact) mass is 181 g/mol. The summed E-state index contributed by atoms with van der Waals surface area (Å²) in [5.74, 6) is 0.309. The van der Waals surface area contributed by atoms with E-state index in [9.17, 15) is 10.2 Å². The van der Waals surface area contributed by atoms with Gasteiger partial charge >= 0.3 is 0 Å². The number of rotatable bonds is 3. The summed E-state index contributed by atoms with van der Waals surface area (Å²) in [4.78, 5) is 0. The van der Waals surface area contributed by atoms with Gasteiger partial charge in [-0.1, -0.05) is 6.07 Å². The number of hydrogen-bond acceptors (Lipinski definition) is 3. The molecule has 1 unspecified atom stereocenters. The topological polar surface area (TPSA) is 52.5 Å². The second kappa shape index (κ2) is 4.14. The first-order chi connectivity index (χ1) is 6.15. The molecule has 0 saturated carbocycles. The Kier molecular flexibility index (Phi) is 3.14. The van der Waals surface area contributed by atoms with E-state index in [0.717, 1.165) is 0 Å². The fourth-order valence-electron chi connectivity index (χ4n) is 1.18. The smallest absolute Gasteiger partial charge is 0.122 e. The Morgan fingerprint density at radius 2 is 1.85 bits per heavy atom. The van der Waals surface area contributed by atoms with Crippen LogP contribution in [0.3, 0.4) is 0 Å². The van der Waals surface area contributed by atoms with Gasteiger partial charge in [-0.2, -0.15) is 0 Å². The number of nitrogens with one attached hydrogen (secondary N) is 1. The van der Waals surface area contributed by atoms with Gasteiger partial charge in [-0.05, 0) is 32.5 Å². The number of benzene rings is 1. The molecule has 0 saturated heterocycles. The fraction of sp³-hybridized carbons (Fsp3) is 0.400. The van der Waals surface area contributed by atoms with Crippen LogP contribution in [-0.2, 0) is 6.42 Å². The zero-order valence-corrected chi connectivity index (χ0v) is 7.91. The number of aromatic hydroxyl groups is 2. The molecule has 0 aliphatic rings. The van der Waals surface area contributed by atoms with Gasteiger partial charge in [-0.15, -0.1) is 0 Å². The highest BCUT2D eigenvalue weighted by atomic mass is 16.3. The molecule has 0 amide bonds. The van der Waals surface area contributed by atoms with Crippen molar-refractivity contribution in [3.63, 3.8) is 0 Å². The highest BCUT2D eigenvalue weighted by Crippen LogP contribution is 2.27. The van der Waals surface area contributed by atoms with Gasteiger partial charge in [-0.25, -0.2) is 0 Å². The Morgan fingerprint density at radius 1 is 1.31 bits per heavy atom. The third kappa shape index (κ3) is 2.36. The van der Waals surface area contributed by atoms with Crippen molar-refractivity contribution in [3.8, 4) is 11.5 Å². The maximum atomic E-state index is 9.45. The molecule has 0 bridgehead atoms. The molecule has 0 aromatic heterocycles. The number of phenolic OH excluding ortho intramolecular Hbond substituents is 2. The molecule has 1 aromatic carbocycles. The average Bonchev–Trinajstić information content (AvgIpc) is 2.11. The molecule has 3 N–H and O–H groups in total. The van der Waals surface area contributed by atoms with Crippen molar-refractivity contribution in [3.05, 3.63) is 23.8 Å². The van der Waals surface area contributed by atoms with E-state index < -0.39 is 0 Å². The second-order valence-corrected chi connectivity index (χ2v) is 3.17. The average molecular weight is 181 g/mol. The molecule has 0 spiro atoms. The van der Waals surface area contributed by atoms with Gasteiger partial charge in [0.1, 0.15) is 11.5 Å². The first kappa shape index (κ1) is 9.86. The van der Waals surface area contributed by atoms with Crippen LogP contribution in [0.25, 0.3) is 0 Å². The largest absolute Gasteiger partial charge is 0.508 e. The normalized spacial score (nSPS) is 12.8. The fourth-order valence-corrected chi connectivity index (χ4v) is 1.18. The summed E-state index contributed by atoms with van der Waals surface area (Å²) in [5.41, 5.74) is 0.601. The van der Waals surface area contributed by atoms with Gasteiger partial charge in [-0.3, -0.25) is 0 Å². The van der Waals surface area contributed by atoms with E-state index in [1.165, 1.54) is 0 Å². The van der Waals surface area contributed by atoms with Crippen molar-refractivity contribution in [2.45, 2.75) is 19.4 Å². The summed E-state index contributed by atoms with van der Waals surface area (Å²) in [6.07, 6.45) is 0.620. The lowest BCUT2D eigenvalue weighted by Gasteiger charge is -2.12. The van der Waals surface area contributed by atoms with Crippen molar-refractivity contribution < 1.29 is 10.2 Å². The lowest BCUT2D eigenvalue weighted by molar-refractivity contribution is 0.431. The molecule has 0 aliphatic carbocycles. The zero-order valence-electron chi connectivity index (χ0n) is 7.91. The Labute approximate surface area is 78.0 Å². The first-order valence-corrected chi connectivity index (χ1v) is 4.32. The van der Waals surface area contributed by atoms with E-state index in [-0.39, 0.29) is 17.5 Å². The van der Waals surface area contributed by atoms with E-state index in [1.807, 2.05) is 14.0 Å². The predicted octanol–water partition coefficient (Wildman–Crippen LogP) is 1.25. The van der Waals surface area contributed by atoms with Crippen LogP contribution in [-0.4, -0.2) is 23.3 Å². The van der Waals surface area contributed by atoms with Gasteiger partial charge < -0.3 is 15.5 Å². The van der Waals surface area contributed by atoms with E-state index in [0.29, 0.717) is 12.0 Å². The second-order valence-electron chi connectivity index (χ2n) is 3.17. The maximum absolute atomic E-state index is 9.45. The quantitative estimate of drug-likeness (QED) is 0.657. The Balaban J connectivity index is 2.87. The van der Waals surface area contributed by atoms with Crippen molar-refractivity contribution in [1.82, 2.24) is 5.32 Å². The third-order valence-corrected chi connectivity index (χ3v) is 2.13. The molecule has 0 heterocycles. The van der Waals surface area contributed by atoms with Gasteiger partial charge in [0.05, 0.1) is 0 Å². The molecule has 72 valence electrons. The van der Waals surface area contributed by atoms with E-state index in [4.69, 9.17) is 0 Å². The number of phenols is 2. The SMILES string of the molecule is CNC(C)Cc1c(O)cccc1O. The molecule has 3 nitrogen and oxygen atoms in total. The molecule has 1 atom stereocenters. The van der Waals surface area contributed by atoms with Gasteiger partial charge in [0.15, 0.2) is 0 Å². The molecule has 0 radical (unpaired) electrons. The van der Waals surface area contributed by atoms with Crippen LogP contribution in [0.5, 0.6) is 11.5 Å². The van der Waals surface area contributed by atoms with Gasteiger partial charge in [0.25, 0.3) is 0 Å². The highest BCUT2D eigenvalue weighted by molar-refractivity contribution is 5.43. The predicted molar refractivity (Wildman–Crippen MR) is 52.0 cm³/mol. The summed E-state index contributed by atoms with van der Waals surface area (Å²) in [5, 5.41) is 21.9. The van der Waals surface area contributed by atoms with Crippen LogP contribution >= 0.6 is 0 Å². The number of hydrogen-bond donors (Lipinski definition) is 3. The molecule has 13 heavy (non-hydrogen) atoms. The minimum atomic E-state index is 0.155. The first-order valence-electron chi connectivity index (χ1n) is 4.32. The Morgan fingerprint density at radius 3 is 2.31 bits per heavy atom. The van der Waals surface area contributed by atoms with Gasteiger partial charge in [0, 0.05) is 11.6 Å². The summed E-state index contributed by atoms with van der Waals surface area (Å²) < 4.78 is 0. The Bertz CT molecular complexity index is 266. The van der Waals surface area contributed by atoms with Gasteiger partial charge in [0.2, 0.25) is 0 Å². The molecule has 0 fully saturated rings. The standard InChI is InChI=1S/C10H15NO2/c1-7(11-2)6-8-9(12)4-3-5-10(8)13/h3-5,7,11-13H,6H2,1-2H3. The van der Waals surface area contributed by atoms with Crippen LogP contribution in [0, 0.1) is 0 Å². The van der Waals surface area contributed by atoms with E-state index in [2.05, 4.69) is 5.32 Å². The van der Waals surface area contributed by atoms with E-state index >= 15 is 0 Å². The summed E-state index contributed by atoms with van der Waals surface area (Å²) in [7, 11) is 1.85. The lowest BCUT2D eigenvalue weighted by Crippen LogP contribution is -2.23. The minimum Gasteiger partial charge on any atom is -0.508 e. The van der Waals surface area contributed by atoms with Crippen molar-refractivity contribution >= 4 is 0 Å². The van der Waals surface area contributed by atoms with Crippen LogP contribution < -0.4 is 5.32 Å². The zero-order chi connectivity index (χ0) is 9.84. The minimum absolute atomic E-state index is 0.155. The van der Waals surface area contributed by atoms with Crippen molar-refractivity contribution in [2.75, 3.05) is 7.05 Å². The third-order valence-electron chi connectivity index (χ3n) is 2.13. The molecule has 1 rings (SSSR count). The summed E-state index contributed by atoms with van der Waals surface area (Å²) in [6.45, 7) is 1.99. The van der Waals surface area contributed by atoms with E-state index in [1.54, 1.807) is 18.2 Å². The summed E-state index contributed by atoms with van der Waals surface area (Å²) in [6, 6.07) is 5.02. The molecular formula is C10H15NO2. The van der Waals surface area contributed by atoms with Crippen LogP contribution in [0.4, 0.5) is 0 Å². The number of likely N-dealkylation sites (N-methyl/N-ethyl adjacent to an activating group) is 1.